The number of anilines is 1. The molecular formula is C18H18N4O5. The first-order valence-corrected chi connectivity index (χ1v) is 8.88. The number of hydrogen-bond acceptors (Lipinski definition) is 7. The second kappa shape index (κ2) is 5.29. The summed E-state index contributed by atoms with van der Waals surface area (Å²) in [5, 5.41) is 5.44. The van der Waals surface area contributed by atoms with Gasteiger partial charge in [0, 0.05) is 26.6 Å². The van der Waals surface area contributed by atoms with Crippen LogP contribution >= 0.6 is 0 Å². The van der Waals surface area contributed by atoms with E-state index in [4.69, 9.17) is 4.74 Å². The maximum absolute atomic E-state index is 12.9. The third-order valence-corrected chi connectivity index (χ3v) is 6.00. The molecule has 4 aliphatic rings. The van der Waals surface area contributed by atoms with E-state index in [1.54, 1.807) is 12.1 Å². The quantitative estimate of drug-likeness (QED) is 0.627. The van der Waals surface area contributed by atoms with Crippen LogP contribution in [0.2, 0.25) is 0 Å². The SMILES string of the molecule is CN1c2cc3c(cc2OCC12CNC2)C(=O)N(C1CCC(=O)NC1=O)C3=O. The number of hydrogen-bond donors (Lipinski definition) is 2. The van der Waals surface area contributed by atoms with Gasteiger partial charge in [-0.15, -0.1) is 0 Å². The number of carbonyl (C=O) groups excluding carboxylic acids is 4. The maximum Gasteiger partial charge on any atom is 0.262 e. The Morgan fingerprint density at radius 2 is 1.81 bits per heavy atom. The summed E-state index contributed by atoms with van der Waals surface area (Å²) in [4.78, 5) is 52.4. The minimum Gasteiger partial charge on any atom is -0.489 e. The molecule has 2 N–H and O–H groups in total. The molecule has 1 atom stereocenters. The number of imide groups is 2. The normalized spacial score (nSPS) is 25.7. The van der Waals surface area contributed by atoms with Gasteiger partial charge < -0.3 is 15.0 Å². The van der Waals surface area contributed by atoms with Crippen molar-refractivity contribution in [1.29, 1.82) is 0 Å². The van der Waals surface area contributed by atoms with Crippen LogP contribution in [0.3, 0.4) is 0 Å². The summed E-state index contributed by atoms with van der Waals surface area (Å²) in [6.07, 6.45) is 0.239. The van der Waals surface area contributed by atoms with Crippen molar-refractivity contribution >= 4 is 29.3 Å². The van der Waals surface area contributed by atoms with Crippen LogP contribution in [0, 0.1) is 0 Å². The molecule has 27 heavy (non-hydrogen) atoms. The van der Waals surface area contributed by atoms with Gasteiger partial charge >= 0.3 is 0 Å². The highest BCUT2D eigenvalue weighted by atomic mass is 16.5. The minimum atomic E-state index is -0.965. The molecule has 4 amide bonds. The molecule has 1 aromatic carbocycles. The van der Waals surface area contributed by atoms with Crippen molar-refractivity contribution in [2.24, 2.45) is 0 Å². The van der Waals surface area contributed by atoms with Gasteiger partial charge in [-0.3, -0.25) is 29.4 Å². The van der Waals surface area contributed by atoms with Gasteiger partial charge in [-0.2, -0.15) is 0 Å². The molecule has 0 bridgehead atoms. The fourth-order valence-corrected chi connectivity index (χ4v) is 4.18. The zero-order chi connectivity index (χ0) is 18.9. The van der Waals surface area contributed by atoms with Gasteiger partial charge in [0.2, 0.25) is 11.8 Å². The molecule has 2 saturated heterocycles. The Morgan fingerprint density at radius 1 is 1.11 bits per heavy atom. The number of ether oxygens (including phenoxy) is 1. The van der Waals surface area contributed by atoms with Gasteiger partial charge in [0.05, 0.1) is 22.4 Å². The lowest BCUT2D eigenvalue weighted by molar-refractivity contribution is -0.136. The van der Waals surface area contributed by atoms with E-state index in [2.05, 4.69) is 15.5 Å². The largest absolute Gasteiger partial charge is 0.489 e. The molecule has 1 aromatic rings. The van der Waals surface area contributed by atoms with E-state index in [1.165, 1.54) is 0 Å². The maximum atomic E-state index is 12.9. The van der Waals surface area contributed by atoms with Crippen LogP contribution in [-0.2, 0) is 9.59 Å². The number of carbonyl (C=O) groups is 4. The number of likely N-dealkylation sites (N-methyl/N-ethyl adjacent to an activating group) is 1. The van der Waals surface area contributed by atoms with Crippen LogP contribution in [0.25, 0.3) is 0 Å². The van der Waals surface area contributed by atoms with E-state index in [1.807, 2.05) is 7.05 Å². The summed E-state index contributed by atoms with van der Waals surface area (Å²) in [5.41, 5.74) is 1.12. The monoisotopic (exact) mass is 370 g/mol. The number of rotatable bonds is 1. The Labute approximate surface area is 154 Å². The molecule has 140 valence electrons. The molecule has 0 aromatic heterocycles. The fraction of sp³-hybridized carbons (Fsp3) is 0.444. The number of nitrogens with one attached hydrogen (secondary N) is 2. The van der Waals surface area contributed by atoms with Gasteiger partial charge in [-0.1, -0.05) is 0 Å². The first kappa shape index (κ1) is 16.2. The summed E-state index contributed by atoms with van der Waals surface area (Å²) >= 11 is 0. The second-order valence-corrected chi connectivity index (χ2v) is 7.49. The predicted octanol–water partition coefficient (Wildman–Crippen LogP) is -0.742. The number of amides is 4. The highest BCUT2D eigenvalue weighted by Gasteiger charge is 2.49. The minimum absolute atomic E-state index is 0.0989. The van der Waals surface area contributed by atoms with Crippen molar-refractivity contribution < 1.29 is 23.9 Å². The average Bonchev–Trinajstić information content (AvgIpc) is 2.84. The molecule has 9 nitrogen and oxygen atoms in total. The van der Waals surface area contributed by atoms with Crippen molar-refractivity contribution in [1.82, 2.24) is 15.5 Å². The zero-order valence-corrected chi connectivity index (χ0v) is 14.7. The van der Waals surface area contributed by atoms with Gasteiger partial charge in [-0.25, -0.2) is 0 Å². The van der Waals surface area contributed by atoms with Gasteiger partial charge in [0.15, 0.2) is 0 Å². The standard InChI is InChI=1S/C18H18N4O5/c1-21-12-4-9-10(5-13(12)27-8-18(21)6-19-7-18)17(26)22(16(9)25)11-2-3-14(23)20-15(11)24/h4-5,11,19H,2-3,6-8H2,1H3,(H,20,23,24). The summed E-state index contributed by atoms with van der Waals surface area (Å²) in [6, 6.07) is 2.30. The lowest BCUT2D eigenvalue weighted by Gasteiger charge is -2.52. The molecule has 1 unspecified atom stereocenters. The van der Waals surface area contributed by atoms with E-state index in [0.29, 0.717) is 12.4 Å². The Bertz CT molecular complexity index is 923. The molecule has 4 aliphatic heterocycles. The van der Waals surface area contributed by atoms with Crippen LogP contribution in [-0.4, -0.2) is 66.9 Å². The second-order valence-electron chi connectivity index (χ2n) is 7.49. The van der Waals surface area contributed by atoms with E-state index >= 15 is 0 Å². The van der Waals surface area contributed by atoms with Crippen molar-refractivity contribution in [3.63, 3.8) is 0 Å². The van der Waals surface area contributed by atoms with Crippen molar-refractivity contribution in [2.45, 2.75) is 24.4 Å². The van der Waals surface area contributed by atoms with E-state index in [-0.39, 0.29) is 29.5 Å². The van der Waals surface area contributed by atoms with Gasteiger partial charge in [0.1, 0.15) is 18.4 Å². The van der Waals surface area contributed by atoms with Crippen LogP contribution in [0.4, 0.5) is 5.69 Å². The van der Waals surface area contributed by atoms with Crippen LogP contribution in [0.1, 0.15) is 33.6 Å². The molecule has 0 aliphatic carbocycles. The predicted molar refractivity (Wildman–Crippen MR) is 92.6 cm³/mol. The van der Waals surface area contributed by atoms with E-state index in [9.17, 15) is 19.2 Å². The molecule has 0 saturated carbocycles. The highest BCUT2D eigenvalue weighted by molar-refractivity contribution is 6.24. The van der Waals surface area contributed by atoms with E-state index < -0.39 is 29.7 Å². The number of piperidine rings is 1. The van der Waals surface area contributed by atoms with Crippen molar-refractivity contribution in [2.75, 3.05) is 31.6 Å². The molecule has 0 radical (unpaired) electrons. The van der Waals surface area contributed by atoms with Crippen LogP contribution in [0.15, 0.2) is 12.1 Å². The molecule has 5 rings (SSSR count). The molecule has 9 heteroatoms. The molecule has 4 heterocycles. The van der Waals surface area contributed by atoms with Gasteiger partial charge in [0.25, 0.3) is 11.8 Å². The Morgan fingerprint density at radius 3 is 2.44 bits per heavy atom. The third kappa shape index (κ3) is 2.08. The van der Waals surface area contributed by atoms with Crippen LogP contribution < -0.4 is 20.3 Å². The van der Waals surface area contributed by atoms with Crippen molar-refractivity contribution in [3.05, 3.63) is 23.3 Å². The molecule has 2 fully saturated rings. The molecule has 1 spiro atoms. The Hall–Kier alpha value is -2.94. The first-order valence-electron chi connectivity index (χ1n) is 8.88. The lowest BCUT2D eigenvalue weighted by atomic mass is 9.89. The summed E-state index contributed by atoms with van der Waals surface area (Å²) in [6.45, 7) is 2.08. The summed E-state index contributed by atoms with van der Waals surface area (Å²) in [5.74, 6) is -1.48. The number of benzene rings is 1. The topological polar surface area (TPSA) is 108 Å². The highest BCUT2D eigenvalue weighted by Crippen LogP contribution is 2.42. The van der Waals surface area contributed by atoms with Crippen LogP contribution in [0.5, 0.6) is 5.75 Å². The Kier molecular flexibility index (Phi) is 3.18. The first-order chi connectivity index (χ1) is 12.9. The zero-order valence-electron chi connectivity index (χ0n) is 14.7. The van der Waals surface area contributed by atoms with E-state index in [0.717, 1.165) is 23.7 Å². The smallest absolute Gasteiger partial charge is 0.262 e. The Balaban J connectivity index is 1.52. The number of fused-ring (bicyclic) bond motifs is 2. The molecular weight excluding hydrogens is 352 g/mol. The lowest BCUT2D eigenvalue weighted by Crippen LogP contribution is -2.72. The third-order valence-electron chi connectivity index (χ3n) is 6.00. The van der Waals surface area contributed by atoms with Gasteiger partial charge in [-0.05, 0) is 18.6 Å². The summed E-state index contributed by atoms with van der Waals surface area (Å²) in [7, 11) is 1.95. The average molecular weight is 370 g/mol. The van der Waals surface area contributed by atoms with Crippen molar-refractivity contribution in [3.8, 4) is 5.75 Å². The summed E-state index contributed by atoms with van der Waals surface area (Å²) < 4.78 is 5.89. The number of nitrogens with zero attached hydrogens (tertiary/aromatic N) is 2. The fourth-order valence-electron chi connectivity index (χ4n) is 4.18.